The first-order valence-corrected chi connectivity index (χ1v) is 8.26. The molecule has 1 aliphatic rings. The molecule has 0 saturated heterocycles. The van der Waals surface area contributed by atoms with Crippen LogP contribution in [0.4, 0.5) is 0 Å². The van der Waals surface area contributed by atoms with Crippen molar-refractivity contribution in [1.29, 1.82) is 0 Å². The Morgan fingerprint density at radius 2 is 2.30 bits per heavy atom. The minimum Gasteiger partial charge on any atom is -0.369 e. The van der Waals surface area contributed by atoms with E-state index in [0.717, 1.165) is 0 Å². The number of aliphatic imine (C=N–C) groups is 2. The molecule has 0 saturated carbocycles. The van der Waals surface area contributed by atoms with Crippen molar-refractivity contribution in [1.82, 2.24) is 5.32 Å². The molecule has 1 aromatic rings. The highest BCUT2D eigenvalue weighted by Gasteiger charge is 2.10. The van der Waals surface area contributed by atoms with Gasteiger partial charge >= 0.3 is 0 Å². The van der Waals surface area contributed by atoms with Crippen molar-refractivity contribution >= 4 is 40.4 Å². The zero-order chi connectivity index (χ0) is 16.7. The fraction of sp³-hybridized carbons (Fsp3) is 0.188. The van der Waals surface area contributed by atoms with E-state index in [1.54, 1.807) is 24.3 Å². The fourth-order valence-electron chi connectivity index (χ4n) is 1.74. The quantitative estimate of drug-likeness (QED) is 0.604. The molecule has 2 rings (SSSR count). The fourth-order valence-corrected chi connectivity index (χ4v) is 2.74. The predicted molar refractivity (Wildman–Crippen MR) is 98.2 cm³/mol. The van der Waals surface area contributed by atoms with E-state index in [1.807, 2.05) is 31.2 Å². The van der Waals surface area contributed by atoms with E-state index in [4.69, 9.17) is 17.3 Å². The second-order valence-corrected chi connectivity index (χ2v) is 6.50. The van der Waals surface area contributed by atoms with Crippen molar-refractivity contribution in [3.8, 4) is 0 Å². The molecule has 120 valence electrons. The Labute approximate surface area is 144 Å². The summed E-state index contributed by atoms with van der Waals surface area (Å²) in [5.41, 5.74) is 6.23. The maximum Gasteiger partial charge on any atom is 0.258 e. The van der Waals surface area contributed by atoms with Gasteiger partial charge in [-0.1, -0.05) is 53.7 Å². The molecule has 1 amide bonds. The van der Waals surface area contributed by atoms with Gasteiger partial charge in [-0.15, -0.1) is 0 Å². The Kier molecular flexibility index (Phi) is 6.43. The highest BCUT2D eigenvalue weighted by molar-refractivity contribution is 8.14. The van der Waals surface area contributed by atoms with Crippen LogP contribution in [0.25, 0.3) is 0 Å². The van der Waals surface area contributed by atoms with Crippen LogP contribution < -0.4 is 11.1 Å². The predicted octanol–water partition coefficient (Wildman–Crippen LogP) is 2.99. The SMILES string of the molecule is CC1/C=C\C=C/CN=C(/N=C(\N)NC(=O)c2cccc(Cl)c2)S1. The van der Waals surface area contributed by atoms with Crippen LogP contribution in [0.5, 0.6) is 0 Å². The first-order valence-electron chi connectivity index (χ1n) is 7.00. The molecule has 1 atom stereocenters. The van der Waals surface area contributed by atoms with Crippen LogP contribution in [0.1, 0.15) is 17.3 Å². The van der Waals surface area contributed by atoms with E-state index in [-0.39, 0.29) is 17.1 Å². The molecule has 23 heavy (non-hydrogen) atoms. The molecular formula is C16H17ClN4OS. The summed E-state index contributed by atoms with van der Waals surface area (Å²) < 4.78 is 0. The number of hydrogen-bond donors (Lipinski definition) is 2. The van der Waals surface area contributed by atoms with Crippen molar-refractivity contribution in [3.63, 3.8) is 0 Å². The normalized spacial score (nSPS) is 21.4. The summed E-state index contributed by atoms with van der Waals surface area (Å²) in [6.07, 6.45) is 7.88. The van der Waals surface area contributed by atoms with Gasteiger partial charge in [0.05, 0.1) is 6.54 Å². The van der Waals surface area contributed by atoms with Crippen LogP contribution in [0.2, 0.25) is 5.02 Å². The molecule has 0 radical (unpaired) electrons. The van der Waals surface area contributed by atoms with E-state index in [2.05, 4.69) is 15.3 Å². The van der Waals surface area contributed by atoms with Crippen molar-refractivity contribution in [2.45, 2.75) is 12.2 Å². The summed E-state index contributed by atoms with van der Waals surface area (Å²) in [6, 6.07) is 6.61. The van der Waals surface area contributed by atoms with E-state index in [9.17, 15) is 4.79 Å². The number of nitrogens with two attached hydrogens (primary N) is 1. The molecule has 5 nitrogen and oxygen atoms in total. The van der Waals surface area contributed by atoms with Gasteiger partial charge in [-0.25, -0.2) is 0 Å². The molecule has 1 aliphatic heterocycles. The molecule has 1 unspecified atom stereocenters. The maximum absolute atomic E-state index is 12.1. The monoisotopic (exact) mass is 348 g/mol. The van der Waals surface area contributed by atoms with Crippen LogP contribution in [-0.2, 0) is 0 Å². The van der Waals surface area contributed by atoms with Gasteiger partial charge in [-0.3, -0.25) is 15.1 Å². The molecule has 7 heteroatoms. The van der Waals surface area contributed by atoms with Crippen LogP contribution in [0, 0.1) is 0 Å². The minimum atomic E-state index is -0.366. The third-order valence-corrected chi connectivity index (χ3v) is 3.99. The number of benzene rings is 1. The topological polar surface area (TPSA) is 79.8 Å². The highest BCUT2D eigenvalue weighted by Crippen LogP contribution is 2.16. The van der Waals surface area contributed by atoms with Crippen molar-refractivity contribution in [2.75, 3.05) is 6.54 Å². The number of rotatable bonds is 1. The number of carbonyl (C=O) groups is 1. The van der Waals surface area contributed by atoms with E-state index < -0.39 is 0 Å². The van der Waals surface area contributed by atoms with Crippen molar-refractivity contribution in [2.24, 2.45) is 15.7 Å². The lowest BCUT2D eigenvalue weighted by molar-refractivity contribution is 0.0976. The summed E-state index contributed by atoms with van der Waals surface area (Å²) >= 11 is 7.34. The van der Waals surface area contributed by atoms with Crippen molar-refractivity contribution in [3.05, 3.63) is 59.2 Å². The zero-order valence-electron chi connectivity index (χ0n) is 12.6. The summed E-state index contributed by atoms with van der Waals surface area (Å²) in [5.74, 6) is -0.365. The van der Waals surface area contributed by atoms with Crippen molar-refractivity contribution < 1.29 is 4.79 Å². The molecule has 0 aromatic heterocycles. The summed E-state index contributed by atoms with van der Waals surface area (Å²) in [6.45, 7) is 2.55. The third-order valence-electron chi connectivity index (χ3n) is 2.80. The Balaban J connectivity index is 2.07. The summed E-state index contributed by atoms with van der Waals surface area (Å²) in [7, 11) is 0. The summed E-state index contributed by atoms with van der Waals surface area (Å²) in [5, 5.41) is 3.75. The van der Waals surface area contributed by atoms with Gasteiger partial charge in [-0.05, 0) is 25.1 Å². The van der Waals surface area contributed by atoms with E-state index in [1.165, 1.54) is 11.8 Å². The van der Waals surface area contributed by atoms with Crippen LogP contribution in [0.3, 0.4) is 0 Å². The Bertz CT molecular complexity index is 697. The Hall–Kier alpha value is -2.05. The summed E-state index contributed by atoms with van der Waals surface area (Å²) in [4.78, 5) is 20.6. The standard InChI is InChI=1S/C16H17ClN4OS/c1-11-6-3-2-4-9-19-16(23-11)21-15(18)20-14(22)12-7-5-8-13(17)10-12/h2-8,10-11H,9H2,1H3,(H3,18,19,20,21,22)/b4-2-,6-3-. The van der Waals surface area contributed by atoms with Gasteiger partial charge < -0.3 is 5.73 Å². The van der Waals surface area contributed by atoms with Crippen LogP contribution in [-0.4, -0.2) is 28.8 Å². The lowest BCUT2D eigenvalue weighted by Crippen LogP contribution is -2.37. The van der Waals surface area contributed by atoms with Crippen LogP contribution in [0.15, 0.2) is 58.6 Å². The molecule has 0 aliphatic carbocycles. The number of guanidine groups is 1. The Morgan fingerprint density at radius 1 is 1.48 bits per heavy atom. The van der Waals surface area contributed by atoms with Gasteiger partial charge in [0.15, 0.2) is 5.17 Å². The number of amides is 1. The molecule has 1 heterocycles. The van der Waals surface area contributed by atoms with Gasteiger partial charge in [0.25, 0.3) is 5.91 Å². The van der Waals surface area contributed by atoms with Gasteiger partial charge in [-0.2, -0.15) is 4.99 Å². The molecule has 1 aromatic carbocycles. The maximum atomic E-state index is 12.1. The van der Waals surface area contributed by atoms with E-state index >= 15 is 0 Å². The number of carbonyl (C=O) groups excluding carboxylic acids is 1. The number of nitrogens with one attached hydrogen (secondary N) is 1. The molecule has 0 fully saturated rings. The molecular weight excluding hydrogens is 332 g/mol. The molecule has 0 spiro atoms. The number of halogens is 1. The number of hydrogen-bond acceptors (Lipinski definition) is 4. The average Bonchev–Trinajstić information content (AvgIpc) is 2.59. The largest absolute Gasteiger partial charge is 0.369 e. The third kappa shape index (κ3) is 5.92. The van der Waals surface area contributed by atoms with Gasteiger partial charge in [0, 0.05) is 15.8 Å². The first kappa shape index (κ1) is 17.3. The van der Waals surface area contributed by atoms with Gasteiger partial charge in [0.1, 0.15) is 0 Å². The molecule has 0 bridgehead atoms. The lowest BCUT2D eigenvalue weighted by Gasteiger charge is -2.08. The average molecular weight is 349 g/mol. The van der Waals surface area contributed by atoms with E-state index in [0.29, 0.717) is 22.3 Å². The molecule has 3 N–H and O–H groups in total. The number of allylic oxidation sites excluding steroid dienone is 2. The van der Waals surface area contributed by atoms with Gasteiger partial charge in [0.2, 0.25) is 5.96 Å². The van der Waals surface area contributed by atoms with Crippen LogP contribution >= 0.6 is 23.4 Å². The lowest BCUT2D eigenvalue weighted by atomic mass is 10.2. The number of nitrogens with zero attached hydrogens (tertiary/aromatic N) is 2. The Morgan fingerprint density at radius 3 is 3.09 bits per heavy atom. The second kappa shape index (κ2) is 8.55. The zero-order valence-corrected chi connectivity index (χ0v) is 14.1. The second-order valence-electron chi connectivity index (χ2n) is 4.72. The number of amidine groups is 1. The smallest absolute Gasteiger partial charge is 0.258 e. The first-order chi connectivity index (χ1) is 11.0. The minimum absolute atomic E-state index is 0.000585. The number of thioether (sulfide) groups is 1. The highest BCUT2D eigenvalue weighted by atomic mass is 35.5.